The number of aryl methyl sites for hydroxylation is 1. The topological polar surface area (TPSA) is 51.4 Å². The molecule has 4 rings (SSSR count). The highest BCUT2D eigenvalue weighted by molar-refractivity contribution is 9.10. The summed E-state index contributed by atoms with van der Waals surface area (Å²) >= 11 is 9.11. The van der Waals surface area contributed by atoms with Crippen molar-refractivity contribution in [3.8, 4) is 11.4 Å². The molecule has 0 saturated carbocycles. The van der Waals surface area contributed by atoms with Crippen LogP contribution in [0.3, 0.4) is 0 Å². The number of H-pyrrole nitrogens is 1. The molecule has 1 unspecified atom stereocenters. The quantitative estimate of drug-likeness (QED) is 0.375. The lowest BCUT2D eigenvalue weighted by Crippen LogP contribution is -2.09. The molecule has 0 aliphatic carbocycles. The molecule has 0 spiro atoms. The average Bonchev–Trinajstić information content (AvgIpc) is 3.24. The van der Waals surface area contributed by atoms with E-state index < -0.39 is 0 Å². The van der Waals surface area contributed by atoms with Gasteiger partial charge >= 0.3 is 0 Å². The van der Waals surface area contributed by atoms with Crippen LogP contribution in [0.2, 0.25) is 0 Å². The van der Waals surface area contributed by atoms with Crippen molar-refractivity contribution in [3.05, 3.63) is 86.4 Å². The first-order chi connectivity index (χ1) is 14.0. The Morgan fingerprint density at radius 2 is 1.76 bits per heavy atom. The zero-order valence-electron chi connectivity index (χ0n) is 16.6. The van der Waals surface area contributed by atoms with Gasteiger partial charge in [0.1, 0.15) is 0 Å². The maximum absolute atomic E-state index is 5.52. The third-order valence-electron chi connectivity index (χ3n) is 5.21. The number of aromatic nitrogens is 5. The van der Waals surface area contributed by atoms with Gasteiger partial charge in [-0.05, 0) is 60.0 Å². The fourth-order valence-corrected chi connectivity index (χ4v) is 4.08. The summed E-state index contributed by atoms with van der Waals surface area (Å²) in [6.07, 6.45) is 0. The number of aromatic amines is 1. The fraction of sp³-hybridized carbons (Fsp3) is 0.227. The summed E-state index contributed by atoms with van der Waals surface area (Å²) in [4.78, 5) is 0. The van der Waals surface area contributed by atoms with Gasteiger partial charge < -0.3 is 0 Å². The molecule has 4 aromatic rings. The number of rotatable bonds is 5. The van der Waals surface area contributed by atoms with Crippen LogP contribution in [0.1, 0.15) is 35.5 Å². The predicted molar refractivity (Wildman–Crippen MR) is 122 cm³/mol. The monoisotopic (exact) mass is 467 g/mol. The molecule has 0 aliphatic heterocycles. The van der Waals surface area contributed by atoms with Crippen LogP contribution in [0.4, 0.5) is 0 Å². The Labute approximate surface area is 183 Å². The first-order valence-electron chi connectivity index (χ1n) is 9.46. The van der Waals surface area contributed by atoms with Gasteiger partial charge in [0.15, 0.2) is 10.6 Å². The van der Waals surface area contributed by atoms with Crippen LogP contribution in [-0.4, -0.2) is 24.5 Å². The SMILES string of the molecule is Cc1nn(Cc2ccc(-c3n[nH]c(=S)n3C(C)c3ccccc3)cc2)c(C)c1Br. The smallest absolute Gasteiger partial charge is 0.196 e. The van der Waals surface area contributed by atoms with Crippen molar-refractivity contribution in [2.24, 2.45) is 0 Å². The van der Waals surface area contributed by atoms with Gasteiger partial charge in [-0.2, -0.15) is 10.2 Å². The van der Waals surface area contributed by atoms with E-state index in [0.29, 0.717) is 4.77 Å². The first kappa shape index (κ1) is 19.8. The third-order valence-corrected chi connectivity index (χ3v) is 6.65. The molecular weight excluding hydrogens is 446 g/mol. The zero-order chi connectivity index (χ0) is 20.5. The molecule has 0 bridgehead atoms. The molecule has 148 valence electrons. The molecule has 2 aromatic heterocycles. The van der Waals surface area contributed by atoms with Crippen molar-refractivity contribution >= 4 is 28.1 Å². The van der Waals surface area contributed by atoms with E-state index in [9.17, 15) is 0 Å². The fourth-order valence-electron chi connectivity index (χ4n) is 3.51. The van der Waals surface area contributed by atoms with E-state index in [4.69, 9.17) is 12.2 Å². The highest BCUT2D eigenvalue weighted by atomic mass is 79.9. The lowest BCUT2D eigenvalue weighted by molar-refractivity contribution is 0.635. The van der Waals surface area contributed by atoms with Crippen LogP contribution in [0.15, 0.2) is 59.1 Å². The van der Waals surface area contributed by atoms with Crippen LogP contribution in [0.25, 0.3) is 11.4 Å². The molecule has 7 heteroatoms. The van der Waals surface area contributed by atoms with Crippen LogP contribution in [0.5, 0.6) is 0 Å². The number of benzene rings is 2. The molecule has 2 aromatic carbocycles. The molecule has 5 nitrogen and oxygen atoms in total. The van der Waals surface area contributed by atoms with E-state index in [2.05, 4.69) is 86.0 Å². The Balaban J connectivity index is 1.63. The molecule has 1 N–H and O–H groups in total. The summed E-state index contributed by atoms with van der Waals surface area (Å²) in [5.74, 6) is 0.840. The second kappa shape index (κ2) is 8.08. The standard InChI is InChI=1S/C22H22BrN5S/c1-14-20(23)16(3)27(26-14)13-17-9-11-19(12-10-17)21-24-25-22(29)28(21)15(2)18-7-5-4-6-8-18/h4-12,15H,13H2,1-3H3,(H,25,29). The number of hydrogen-bond acceptors (Lipinski definition) is 3. The minimum atomic E-state index is 0.0872. The van der Waals surface area contributed by atoms with Crippen LogP contribution < -0.4 is 0 Å². The summed E-state index contributed by atoms with van der Waals surface area (Å²) in [6, 6.07) is 18.8. The summed E-state index contributed by atoms with van der Waals surface area (Å²) in [7, 11) is 0. The second-order valence-corrected chi connectivity index (χ2v) is 8.33. The molecule has 29 heavy (non-hydrogen) atoms. The molecular formula is C22H22BrN5S. The van der Waals surface area contributed by atoms with E-state index in [1.54, 1.807) is 0 Å². The van der Waals surface area contributed by atoms with Crippen LogP contribution >= 0.6 is 28.1 Å². The maximum Gasteiger partial charge on any atom is 0.196 e. The van der Waals surface area contributed by atoms with Crippen molar-refractivity contribution in [3.63, 3.8) is 0 Å². The Morgan fingerprint density at radius 1 is 1.07 bits per heavy atom. The van der Waals surface area contributed by atoms with Gasteiger partial charge in [-0.15, -0.1) is 0 Å². The highest BCUT2D eigenvalue weighted by Gasteiger charge is 2.16. The van der Waals surface area contributed by atoms with E-state index in [-0.39, 0.29) is 6.04 Å². The number of nitrogens with zero attached hydrogens (tertiary/aromatic N) is 4. The Bertz CT molecular complexity index is 1190. The molecule has 0 fully saturated rings. The number of halogens is 1. The van der Waals surface area contributed by atoms with Crippen molar-refractivity contribution in [1.29, 1.82) is 0 Å². The Hall–Kier alpha value is -2.51. The van der Waals surface area contributed by atoms with Gasteiger partial charge in [-0.1, -0.05) is 54.6 Å². The predicted octanol–water partition coefficient (Wildman–Crippen LogP) is 5.84. The normalized spacial score (nSPS) is 12.3. The van der Waals surface area contributed by atoms with E-state index in [1.165, 1.54) is 11.1 Å². The molecule has 0 saturated heterocycles. The maximum atomic E-state index is 5.52. The van der Waals surface area contributed by atoms with Gasteiger partial charge in [-0.3, -0.25) is 14.3 Å². The summed E-state index contributed by atoms with van der Waals surface area (Å²) in [5, 5.41) is 12.0. The molecule has 2 heterocycles. The molecule has 1 atom stereocenters. The molecule has 0 amide bonds. The molecule has 0 aliphatic rings. The van der Waals surface area contributed by atoms with Gasteiger partial charge in [0.05, 0.1) is 28.4 Å². The minimum Gasteiger partial charge on any atom is -0.293 e. The van der Waals surface area contributed by atoms with Crippen LogP contribution in [0, 0.1) is 18.6 Å². The lowest BCUT2D eigenvalue weighted by Gasteiger charge is -2.16. The third kappa shape index (κ3) is 3.84. The Kier molecular flexibility index (Phi) is 5.52. The Morgan fingerprint density at radius 3 is 2.38 bits per heavy atom. The summed E-state index contributed by atoms with van der Waals surface area (Å²) in [6.45, 7) is 6.94. The van der Waals surface area contributed by atoms with Crippen molar-refractivity contribution < 1.29 is 0 Å². The van der Waals surface area contributed by atoms with E-state index in [1.807, 2.05) is 29.8 Å². The minimum absolute atomic E-state index is 0.0872. The largest absolute Gasteiger partial charge is 0.293 e. The van der Waals surface area contributed by atoms with E-state index >= 15 is 0 Å². The van der Waals surface area contributed by atoms with Crippen molar-refractivity contribution in [2.75, 3.05) is 0 Å². The van der Waals surface area contributed by atoms with Crippen molar-refractivity contribution in [2.45, 2.75) is 33.4 Å². The molecule has 0 radical (unpaired) electrons. The van der Waals surface area contributed by atoms with Gasteiger partial charge in [-0.25, -0.2) is 0 Å². The lowest BCUT2D eigenvalue weighted by atomic mass is 10.1. The van der Waals surface area contributed by atoms with Gasteiger partial charge in [0.2, 0.25) is 0 Å². The van der Waals surface area contributed by atoms with Gasteiger partial charge in [0, 0.05) is 5.56 Å². The number of nitrogens with one attached hydrogen (secondary N) is 1. The van der Waals surface area contributed by atoms with Crippen LogP contribution in [-0.2, 0) is 6.54 Å². The van der Waals surface area contributed by atoms with Crippen molar-refractivity contribution in [1.82, 2.24) is 24.5 Å². The second-order valence-electron chi connectivity index (χ2n) is 7.15. The zero-order valence-corrected chi connectivity index (χ0v) is 19.0. The number of hydrogen-bond donors (Lipinski definition) is 1. The van der Waals surface area contributed by atoms with Gasteiger partial charge in [0.25, 0.3) is 0 Å². The summed E-state index contributed by atoms with van der Waals surface area (Å²) in [5.41, 5.74) is 5.54. The summed E-state index contributed by atoms with van der Waals surface area (Å²) < 4.78 is 5.77. The highest BCUT2D eigenvalue weighted by Crippen LogP contribution is 2.26. The first-order valence-corrected chi connectivity index (χ1v) is 10.7. The van der Waals surface area contributed by atoms with E-state index in [0.717, 1.165) is 33.8 Å². The average molecular weight is 468 g/mol.